The van der Waals surface area contributed by atoms with E-state index in [0.29, 0.717) is 28.3 Å². The lowest BCUT2D eigenvalue weighted by Crippen LogP contribution is -2.31. The number of benzene rings is 1. The summed E-state index contributed by atoms with van der Waals surface area (Å²) in [5.74, 6) is 0.758. The van der Waals surface area contributed by atoms with E-state index in [1.54, 1.807) is 50.2 Å². The number of amides is 2. The van der Waals surface area contributed by atoms with Crippen molar-refractivity contribution >= 4 is 17.5 Å². The van der Waals surface area contributed by atoms with Crippen LogP contribution in [0.5, 0.6) is 0 Å². The predicted molar refractivity (Wildman–Crippen MR) is 115 cm³/mol. The number of pyridine rings is 1. The van der Waals surface area contributed by atoms with Gasteiger partial charge in [0.2, 0.25) is 5.91 Å². The van der Waals surface area contributed by atoms with Crippen LogP contribution in [0, 0.1) is 32.1 Å². The summed E-state index contributed by atoms with van der Waals surface area (Å²) in [6.45, 7) is 5.28. The van der Waals surface area contributed by atoms with Crippen molar-refractivity contribution in [3.05, 3.63) is 86.7 Å². The molecule has 0 saturated heterocycles. The minimum absolute atomic E-state index is 0.0264. The molecule has 1 aromatic carbocycles. The monoisotopic (exact) mass is 418 g/mol. The number of carbonyl (C=O) groups is 2. The zero-order chi connectivity index (χ0) is 22.5. The van der Waals surface area contributed by atoms with Crippen LogP contribution in [-0.4, -0.2) is 16.4 Å². The molecule has 8 heteroatoms. The first-order valence-corrected chi connectivity index (χ1v) is 9.63. The van der Waals surface area contributed by atoms with Gasteiger partial charge in [0.15, 0.2) is 0 Å². The molecule has 3 rings (SSSR count). The molecule has 158 valence electrons. The number of carbonyl (C=O) groups excluding carboxylic acids is 2. The van der Waals surface area contributed by atoms with Gasteiger partial charge in [-0.1, -0.05) is 0 Å². The molecule has 0 unspecified atom stereocenters. The van der Waals surface area contributed by atoms with Crippen molar-refractivity contribution in [2.75, 3.05) is 5.32 Å². The maximum absolute atomic E-state index is 12.4. The third-order valence-electron chi connectivity index (χ3n) is 4.77. The molecule has 0 aliphatic heterocycles. The van der Waals surface area contributed by atoms with Crippen molar-refractivity contribution in [3.63, 3.8) is 0 Å². The van der Waals surface area contributed by atoms with Gasteiger partial charge < -0.3 is 19.6 Å². The van der Waals surface area contributed by atoms with E-state index >= 15 is 0 Å². The van der Waals surface area contributed by atoms with Crippen molar-refractivity contribution in [1.82, 2.24) is 9.88 Å². The standard InChI is InChI=1S/C23H22N4O4/c1-14-10-15(2)27(23(30)20(14)11-24)13-21(28)26-18-7-5-17(6-8-18)22(29)25-12-19-9-4-16(3)31-19/h4-10H,12-13H2,1-3H3,(H,25,29)(H,26,28). The molecule has 3 aromatic rings. The van der Waals surface area contributed by atoms with E-state index in [4.69, 9.17) is 9.68 Å². The van der Waals surface area contributed by atoms with Crippen LogP contribution >= 0.6 is 0 Å². The van der Waals surface area contributed by atoms with Crippen LogP contribution in [0.4, 0.5) is 5.69 Å². The van der Waals surface area contributed by atoms with Crippen molar-refractivity contribution < 1.29 is 14.0 Å². The molecular weight excluding hydrogens is 396 g/mol. The van der Waals surface area contributed by atoms with Crippen molar-refractivity contribution in [1.29, 1.82) is 5.26 Å². The number of nitrogens with one attached hydrogen (secondary N) is 2. The van der Waals surface area contributed by atoms with Gasteiger partial charge in [-0.05, 0) is 68.8 Å². The van der Waals surface area contributed by atoms with Crippen LogP contribution in [0.3, 0.4) is 0 Å². The van der Waals surface area contributed by atoms with Gasteiger partial charge in [0.05, 0.1) is 6.54 Å². The van der Waals surface area contributed by atoms with E-state index in [1.807, 2.05) is 19.1 Å². The Kier molecular flexibility index (Phi) is 6.36. The Balaban J connectivity index is 1.62. The molecule has 0 spiro atoms. The summed E-state index contributed by atoms with van der Waals surface area (Å²) in [5.41, 5.74) is 1.63. The number of nitrogens with zero attached hydrogens (tertiary/aromatic N) is 2. The summed E-state index contributed by atoms with van der Waals surface area (Å²) in [7, 11) is 0. The number of rotatable bonds is 6. The van der Waals surface area contributed by atoms with E-state index in [2.05, 4.69) is 10.6 Å². The lowest BCUT2D eigenvalue weighted by atomic mass is 10.1. The Hall–Kier alpha value is -4.12. The fourth-order valence-corrected chi connectivity index (χ4v) is 3.16. The maximum Gasteiger partial charge on any atom is 0.269 e. The highest BCUT2D eigenvalue weighted by Gasteiger charge is 2.13. The normalized spacial score (nSPS) is 10.4. The number of hydrogen-bond acceptors (Lipinski definition) is 5. The van der Waals surface area contributed by atoms with E-state index < -0.39 is 11.5 Å². The molecule has 8 nitrogen and oxygen atoms in total. The molecule has 2 N–H and O–H groups in total. The first-order valence-electron chi connectivity index (χ1n) is 9.63. The Morgan fingerprint density at radius 2 is 1.81 bits per heavy atom. The van der Waals surface area contributed by atoms with E-state index in [0.717, 1.165) is 5.76 Å². The number of furan rings is 1. The molecule has 0 saturated carbocycles. The molecule has 0 atom stereocenters. The number of aryl methyl sites for hydroxylation is 3. The molecule has 0 bridgehead atoms. The van der Waals surface area contributed by atoms with Gasteiger partial charge in [0.1, 0.15) is 29.7 Å². The number of hydrogen-bond donors (Lipinski definition) is 2. The van der Waals surface area contributed by atoms with Gasteiger partial charge in [-0.2, -0.15) is 5.26 Å². The van der Waals surface area contributed by atoms with Crippen molar-refractivity contribution in [2.24, 2.45) is 0 Å². The molecule has 0 aliphatic rings. The second-order valence-electron chi connectivity index (χ2n) is 7.17. The van der Waals surface area contributed by atoms with Gasteiger partial charge in [-0.25, -0.2) is 0 Å². The lowest BCUT2D eigenvalue weighted by Gasteiger charge is -2.12. The molecule has 31 heavy (non-hydrogen) atoms. The maximum atomic E-state index is 12.4. The van der Waals surface area contributed by atoms with Crippen molar-refractivity contribution in [3.8, 4) is 6.07 Å². The first kappa shape index (κ1) is 21.6. The van der Waals surface area contributed by atoms with Crippen LogP contribution < -0.4 is 16.2 Å². The van der Waals surface area contributed by atoms with E-state index in [1.165, 1.54) is 4.57 Å². The Morgan fingerprint density at radius 1 is 1.10 bits per heavy atom. The summed E-state index contributed by atoms with van der Waals surface area (Å²) in [6.07, 6.45) is 0. The minimum Gasteiger partial charge on any atom is -0.465 e. The molecule has 2 aromatic heterocycles. The largest absolute Gasteiger partial charge is 0.465 e. The summed E-state index contributed by atoms with van der Waals surface area (Å²) in [6, 6.07) is 13.6. The molecular formula is C23H22N4O4. The van der Waals surface area contributed by atoms with Crippen LogP contribution in [0.15, 0.2) is 51.7 Å². The number of aromatic nitrogens is 1. The summed E-state index contributed by atoms with van der Waals surface area (Å²) in [4.78, 5) is 37.1. The zero-order valence-electron chi connectivity index (χ0n) is 17.5. The SMILES string of the molecule is Cc1ccc(CNC(=O)c2ccc(NC(=O)Cn3c(C)cc(C)c(C#N)c3=O)cc2)o1. The molecule has 0 aliphatic carbocycles. The Morgan fingerprint density at radius 3 is 2.42 bits per heavy atom. The van der Waals surface area contributed by atoms with Gasteiger partial charge in [-0.15, -0.1) is 0 Å². The minimum atomic E-state index is -0.492. The second-order valence-corrected chi connectivity index (χ2v) is 7.17. The van der Waals surface area contributed by atoms with Gasteiger partial charge in [0, 0.05) is 16.9 Å². The molecule has 2 amide bonds. The zero-order valence-corrected chi connectivity index (χ0v) is 17.5. The van der Waals surface area contributed by atoms with Gasteiger partial charge in [-0.3, -0.25) is 14.4 Å². The first-order chi connectivity index (χ1) is 14.8. The quantitative estimate of drug-likeness (QED) is 0.638. The van der Waals surface area contributed by atoms with Crippen molar-refractivity contribution in [2.45, 2.75) is 33.9 Å². The smallest absolute Gasteiger partial charge is 0.269 e. The summed E-state index contributed by atoms with van der Waals surface area (Å²) >= 11 is 0. The number of anilines is 1. The summed E-state index contributed by atoms with van der Waals surface area (Å²) < 4.78 is 6.68. The third kappa shape index (κ3) is 5.08. The lowest BCUT2D eigenvalue weighted by molar-refractivity contribution is -0.116. The van der Waals surface area contributed by atoms with Crippen LogP contribution in [0.1, 0.15) is 38.7 Å². The Bertz CT molecular complexity index is 1230. The molecule has 0 fully saturated rings. The fraction of sp³-hybridized carbons (Fsp3) is 0.217. The predicted octanol–water partition coefficient (Wildman–Crippen LogP) is 2.81. The third-order valence-corrected chi connectivity index (χ3v) is 4.77. The van der Waals surface area contributed by atoms with E-state index in [-0.39, 0.29) is 24.6 Å². The molecule has 2 heterocycles. The van der Waals surface area contributed by atoms with E-state index in [9.17, 15) is 14.4 Å². The highest BCUT2D eigenvalue weighted by Crippen LogP contribution is 2.12. The molecule has 0 radical (unpaired) electrons. The average molecular weight is 418 g/mol. The summed E-state index contributed by atoms with van der Waals surface area (Å²) in [5, 5.41) is 14.6. The van der Waals surface area contributed by atoms with Crippen LogP contribution in [0.2, 0.25) is 0 Å². The van der Waals surface area contributed by atoms with Crippen LogP contribution in [0.25, 0.3) is 0 Å². The second kappa shape index (κ2) is 9.13. The van der Waals surface area contributed by atoms with Gasteiger partial charge in [0.25, 0.3) is 11.5 Å². The van der Waals surface area contributed by atoms with Gasteiger partial charge >= 0.3 is 0 Å². The topological polar surface area (TPSA) is 117 Å². The highest BCUT2D eigenvalue weighted by molar-refractivity contribution is 5.95. The average Bonchev–Trinajstić information content (AvgIpc) is 3.15. The Labute approximate surface area is 179 Å². The number of nitriles is 1. The van der Waals surface area contributed by atoms with Crippen LogP contribution in [-0.2, 0) is 17.9 Å². The highest BCUT2D eigenvalue weighted by atomic mass is 16.3. The fourth-order valence-electron chi connectivity index (χ4n) is 3.16.